The summed E-state index contributed by atoms with van der Waals surface area (Å²) in [5.74, 6) is 0.920. The molecule has 0 saturated carbocycles. The molecule has 2 aliphatic rings. The van der Waals surface area contributed by atoms with Gasteiger partial charge >= 0.3 is 0 Å². The van der Waals surface area contributed by atoms with E-state index in [2.05, 4.69) is 19.1 Å². The Bertz CT molecular complexity index is 593. The molecule has 25 heavy (non-hydrogen) atoms. The van der Waals surface area contributed by atoms with Crippen LogP contribution in [-0.4, -0.2) is 47.3 Å². The van der Waals surface area contributed by atoms with Crippen molar-refractivity contribution < 1.29 is 9.59 Å². The van der Waals surface area contributed by atoms with Crippen LogP contribution in [0.15, 0.2) is 30.3 Å². The first-order chi connectivity index (χ1) is 12.1. The Morgan fingerprint density at radius 1 is 1.08 bits per heavy atom. The van der Waals surface area contributed by atoms with Gasteiger partial charge in [0.2, 0.25) is 11.8 Å². The summed E-state index contributed by atoms with van der Waals surface area (Å²) in [4.78, 5) is 29.7. The third kappa shape index (κ3) is 4.23. The van der Waals surface area contributed by atoms with Gasteiger partial charge in [-0.3, -0.25) is 9.59 Å². The first-order valence-corrected chi connectivity index (χ1v) is 9.69. The molecule has 0 aromatic heterocycles. The quantitative estimate of drug-likeness (QED) is 0.843. The Morgan fingerprint density at radius 3 is 2.44 bits per heavy atom. The maximum absolute atomic E-state index is 13.0. The number of nitrogens with zero attached hydrogens (tertiary/aromatic N) is 2. The summed E-state index contributed by atoms with van der Waals surface area (Å²) in [6.45, 7) is 6.64. The molecule has 3 rings (SSSR count). The fourth-order valence-corrected chi connectivity index (χ4v) is 4.06. The lowest BCUT2D eigenvalue weighted by Gasteiger charge is -2.35. The first-order valence-electron chi connectivity index (χ1n) is 9.69. The van der Waals surface area contributed by atoms with E-state index >= 15 is 0 Å². The summed E-state index contributed by atoms with van der Waals surface area (Å²) < 4.78 is 0. The van der Waals surface area contributed by atoms with Gasteiger partial charge < -0.3 is 9.80 Å². The Hall–Kier alpha value is -1.84. The molecular weight excluding hydrogens is 312 g/mol. The number of hydrogen-bond acceptors (Lipinski definition) is 2. The van der Waals surface area contributed by atoms with Crippen LogP contribution in [0.1, 0.15) is 45.1 Å². The Kier molecular flexibility index (Phi) is 5.77. The van der Waals surface area contributed by atoms with Crippen molar-refractivity contribution in [3.8, 4) is 0 Å². The van der Waals surface area contributed by atoms with E-state index in [9.17, 15) is 9.59 Å². The lowest BCUT2D eigenvalue weighted by molar-refractivity contribution is -0.146. The molecule has 4 nitrogen and oxygen atoms in total. The predicted octanol–water partition coefficient (Wildman–Crippen LogP) is 3.11. The minimum atomic E-state index is -0.237. The highest BCUT2D eigenvalue weighted by Crippen LogP contribution is 2.25. The van der Waals surface area contributed by atoms with Crippen molar-refractivity contribution in [2.45, 2.75) is 52.0 Å². The van der Waals surface area contributed by atoms with Gasteiger partial charge in [-0.1, -0.05) is 44.2 Å². The van der Waals surface area contributed by atoms with Crippen LogP contribution in [-0.2, 0) is 16.0 Å². The van der Waals surface area contributed by atoms with Crippen LogP contribution in [0.3, 0.4) is 0 Å². The van der Waals surface area contributed by atoms with Crippen molar-refractivity contribution in [2.24, 2.45) is 11.8 Å². The molecular formula is C21H30N2O2. The highest BCUT2D eigenvalue weighted by molar-refractivity contribution is 5.89. The molecule has 136 valence electrons. The average Bonchev–Trinajstić information content (AvgIpc) is 3.11. The van der Waals surface area contributed by atoms with Crippen LogP contribution in [0.4, 0.5) is 0 Å². The summed E-state index contributed by atoms with van der Waals surface area (Å²) in [5, 5.41) is 0. The molecule has 0 bridgehead atoms. The van der Waals surface area contributed by atoms with Crippen LogP contribution < -0.4 is 0 Å². The maximum atomic E-state index is 13.0. The van der Waals surface area contributed by atoms with Crippen molar-refractivity contribution in [1.29, 1.82) is 0 Å². The number of benzene rings is 1. The number of rotatable bonds is 4. The second kappa shape index (κ2) is 8.03. The van der Waals surface area contributed by atoms with Crippen molar-refractivity contribution in [3.05, 3.63) is 35.9 Å². The minimum absolute atomic E-state index is 0.0859. The van der Waals surface area contributed by atoms with Crippen LogP contribution >= 0.6 is 0 Å². The Morgan fingerprint density at radius 2 is 1.76 bits per heavy atom. The summed E-state index contributed by atoms with van der Waals surface area (Å²) >= 11 is 0. The largest absolute Gasteiger partial charge is 0.341 e. The number of piperidine rings is 1. The number of carbonyl (C=O) groups is 2. The van der Waals surface area contributed by atoms with Gasteiger partial charge in [-0.05, 0) is 43.6 Å². The zero-order chi connectivity index (χ0) is 17.8. The van der Waals surface area contributed by atoms with E-state index in [-0.39, 0.29) is 23.8 Å². The number of likely N-dealkylation sites (tertiary alicyclic amines) is 2. The zero-order valence-electron chi connectivity index (χ0n) is 15.5. The van der Waals surface area contributed by atoms with E-state index in [0.717, 1.165) is 51.7 Å². The molecule has 0 radical (unpaired) electrons. The second-order valence-corrected chi connectivity index (χ2v) is 7.79. The molecule has 2 amide bonds. The molecule has 4 heteroatoms. The molecule has 0 aliphatic carbocycles. The van der Waals surface area contributed by atoms with E-state index in [1.165, 1.54) is 5.56 Å². The van der Waals surface area contributed by atoms with Crippen LogP contribution in [0.2, 0.25) is 0 Å². The van der Waals surface area contributed by atoms with Gasteiger partial charge in [-0.15, -0.1) is 0 Å². The average molecular weight is 342 g/mol. The highest BCUT2D eigenvalue weighted by atomic mass is 16.2. The van der Waals surface area contributed by atoms with E-state index in [4.69, 9.17) is 0 Å². The van der Waals surface area contributed by atoms with Crippen molar-refractivity contribution in [3.63, 3.8) is 0 Å². The van der Waals surface area contributed by atoms with E-state index in [1.54, 1.807) is 0 Å². The molecule has 1 aromatic carbocycles. The van der Waals surface area contributed by atoms with E-state index < -0.39 is 0 Å². The molecule has 2 aliphatic heterocycles. The van der Waals surface area contributed by atoms with Crippen LogP contribution in [0.25, 0.3) is 0 Å². The third-order valence-corrected chi connectivity index (χ3v) is 5.72. The van der Waals surface area contributed by atoms with Gasteiger partial charge in [0.1, 0.15) is 6.04 Å². The van der Waals surface area contributed by atoms with Gasteiger partial charge in [0, 0.05) is 25.6 Å². The summed E-state index contributed by atoms with van der Waals surface area (Å²) in [5.41, 5.74) is 1.18. The smallest absolute Gasteiger partial charge is 0.245 e. The number of amides is 2. The van der Waals surface area contributed by atoms with Crippen LogP contribution in [0.5, 0.6) is 0 Å². The number of hydrogen-bond donors (Lipinski definition) is 0. The molecule has 1 unspecified atom stereocenters. The fourth-order valence-electron chi connectivity index (χ4n) is 4.06. The van der Waals surface area contributed by atoms with E-state index in [1.807, 2.05) is 34.9 Å². The third-order valence-electron chi connectivity index (χ3n) is 5.72. The normalized spacial score (nSPS) is 22.9. The summed E-state index contributed by atoms with van der Waals surface area (Å²) in [6.07, 6.45) is 4.64. The van der Waals surface area contributed by atoms with Gasteiger partial charge in [0.25, 0.3) is 0 Å². The topological polar surface area (TPSA) is 40.6 Å². The molecule has 2 saturated heterocycles. The Labute approximate surface area is 151 Å². The lowest BCUT2D eigenvalue weighted by atomic mass is 9.97. The monoisotopic (exact) mass is 342 g/mol. The van der Waals surface area contributed by atoms with E-state index in [0.29, 0.717) is 5.92 Å². The van der Waals surface area contributed by atoms with Gasteiger partial charge in [0.15, 0.2) is 0 Å². The standard InChI is InChI=1S/C21H30N2O2/c1-16-10-13-22(14-11-16)21(25)19-9-6-12-23(19)20(24)17(2)15-18-7-4-3-5-8-18/h3-5,7-8,16-17,19H,6,9-15H2,1-2H3/t17?,19-/m1/s1. The molecule has 2 fully saturated rings. The van der Waals surface area contributed by atoms with Gasteiger partial charge in [0.05, 0.1) is 0 Å². The van der Waals surface area contributed by atoms with Crippen LogP contribution in [0, 0.1) is 11.8 Å². The van der Waals surface area contributed by atoms with Gasteiger partial charge in [-0.25, -0.2) is 0 Å². The second-order valence-electron chi connectivity index (χ2n) is 7.79. The summed E-state index contributed by atoms with van der Waals surface area (Å²) in [6, 6.07) is 9.89. The van der Waals surface area contributed by atoms with Crippen molar-refractivity contribution in [2.75, 3.05) is 19.6 Å². The molecule has 2 heterocycles. The van der Waals surface area contributed by atoms with Crippen molar-refractivity contribution in [1.82, 2.24) is 9.80 Å². The Balaban J connectivity index is 1.62. The SMILES string of the molecule is CC1CCN(C(=O)[C@H]2CCCN2C(=O)C(C)Cc2ccccc2)CC1. The fraction of sp³-hybridized carbons (Fsp3) is 0.619. The number of carbonyl (C=O) groups excluding carboxylic acids is 2. The molecule has 0 N–H and O–H groups in total. The van der Waals surface area contributed by atoms with Crippen molar-refractivity contribution >= 4 is 11.8 Å². The lowest BCUT2D eigenvalue weighted by Crippen LogP contribution is -2.51. The molecule has 0 spiro atoms. The molecule has 2 atom stereocenters. The zero-order valence-corrected chi connectivity index (χ0v) is 15.5. The minimum Gasteiger partial charge on any atom is -0.341 e. The molecule has 1 aromatic rings. The summed E-state index contributed by atoms with van der Waals surface area (Å²) in [7, 11) is 0. The first kappa shape index (κ1) is 18.0. The predicted molar refractivity (Wildman–Crippen MR) is 99.0 cm³/mol. The highest BCUT2D eigenvalue weighted by Gasteiger charge is 2.38. The maximum Gasteiger partial charge on any atom is 0.245 e. The van der Waals surface area contributed by atoms with Gasteiger partial charge in [-0.2, -0.15) is 0 Å².